The average molecular weight is 389 g/mol. The molecule has 2 rings (SSSR count). The van der Waals surface area contributed by atoms with Crippen LogP contribution < -0.4 is 15.5 Å². The Morgan fingerprint density at radius 3 is 2.40 bits per heavy atom. The van der Waals surface area contributed by atoms with Gasteiger partial charge in [-0.1, -0.05) is 11.6 Å². The van der Waals surface area contributed by atoms with E-state index in [0.29, 0.717) is 5.11 Å². The normalized spacial score (nSPS) is 11.1. The van der Waals surface area contributed by atoms with Gasteiger partial charge in [0.25, 0.3) is 0 Å². The van der Waals surface area contributed by atoms with E-state index in [0.717, 1.165) is 23.6 Å². The number of halogens is 4. The van der Waals surface area contributed by atoms with Crippen LogP contribution in [0.4, 0.5) is 24.5 Å². The van der Waals surface area contributed by atoms with Gasteiger partial charge in [-0.15, -0.1) is 0 Å². The summed E-state index contributed by atoms with van der Waals surface area (Å²) in [4.78, 5) is 5.72. The van der Waals surface area contributed by atoms with Gasteiger partial charge in [-0.2, -0.15) is 13.2 Å². The van der Waals surface area contributed by atoms with Gasteiger partial charge in [0.1, 0.15) is 0 Å². The zero-order valence-electron chi connectivity index (χ0n) is 13.5. The van der Waals surface area contributed by atoms with Crippen LogP contribution in [0.1, 0.15) is 11.3 Å². The van der Waals surface area contributed by atoms with E-state index in [2.05, 4.69) is 15.6 Å². The van der Waals surface area contributed by atoms with E-state index in [1.807, 2.05) is 43.3 Å². The fourth-order valence-corrected chi connectivity index (χ4v) is 2.36. The number of alkyl halides is 3. The second-order valence-electron chi connectivity index (χ2n) is 5.40. The summed E-state index contributed by atoms with van der Waals surface area (Å²) in [6.07, 6.45) is -3.72. The van der Waals surface area contributed by atoms with Crippen molar-refractivity contribution in [3.8, 4) is 0 Å². The average Bonchev–Trinajstić information content (AvgIpc) is 2.53. The van der Waals surface area contributed by atoms with Gasteiger partial charge in [0, 0.05) is 31.7 Å². The summed E-state index contributed by atoms with van der Waals surface area (Å²) in [5.74, 6) is 0. The smallest absolute Gasteiger partial charge is 0.378 e. The van der Waals surface area contributed by atoms with E-state index in [1.54, 1.807) is 0 Å². The SMILES string of the molecule is CN(C)c1ccc(NC(=S)NCc2ncc(C(F)(F)F)cc2Cl)cc1. The number of nitrogens with one attached hydrogen (secondary N) is 2. The number of hydrogen-bond acceptors (Lipinski definition) is 3. The van der Waals surface area contributed by atoms with Crippen LogP contribution in [0.25, 0.3) is 0 Å². The van der Waals surface area contributed by atoms with Crippen molar-refractivity contribution in [1.29, 1.82) is 0 Å². The maximum absolute atomic E-state index is 12.6. The Morgan fingerprint density at radius 2 is 1.88 bits per heavy atom. The quantitative estimate of drug-likeness (QED) is 0.764. The van der Waals surface area contributed by atoms with Crippen LogP contribution >= 0.6 is 23.8 Å². The third-order valence-corrected chi connectivity index (χ3v) is 3.88. The topological polar surface area (TPSA) is 40.2 Å². The minimum atomic E-state index is -4.47. The third-order valence-electron chi connectivity index (χ3n) is 3.30. The Kier molecular flexibility index (Phi) is 6.07. The van der Waals surface area contributed by atoms with E-state index in [-0.39, 0.29) is 17.3 Å². The number of thiocarbonyl (C=S) groups is 1. The van der Waals surface area contributed by atoms with Crippen molar-refractivity contribution in [3.05, 3.63) is 52.8 Å². The van der Waals surface area contributed by atoms with E-state index in [1.165, 1.54) is 0 Å². The van der Waals surface area contributed by atoms with E-state index >= 15 is 0 Å². The molecule has 0 saturated heterocycles. The highest BCUT2D eigenvalue weighted by atomic mass is 35.5. The van der Waals surface area contributed by atoms with Crippen LogP contribution in [0.15, 0.2) is 36.5 Å². The molecule has 134 valence electrons. The molecule has 25 heavy (non-hydrogen) atoms. The van der Waals surface area contributed by atoms with Gasteiger partial charge in [0.15, 0.2) is 5.11 Å². The first kappa shape index (κ1) is 19.3. The first-order valence-corrected chi connectivity index (χ1v) is 7.99. The van der Waals surface area contributed by atoms with Gasteiger partial charge in [0.05, 0.1) is 22.8 Å². The molecule has 0 bridgehead atoms. The summed E-state index contributed by atoms with van der Waals surface area (Å²) in [5.41, 5.74) is 1.23. The molecule has 2 N–H and O–H groups in total. The Morgan fingerprint density at radius 1 is 1.24 bits per heavy atom. The highest BCUT2D eigenvalue weighted by Crippen LogP contribution is 2.31. The number of anilines is 2. The van der Waals surface area contributed by atoms with Gasteiger partial charge < -0.3 is 15.5 Å². The fraction of sp³-hybridized carbons (Fsp3) is 0.250. The molecule has 0 fully saturated rings. The zero-order valence-corrected chi connectivity index (χ0v) is 15.1. The molecule has 0 aliphatic heterocycles. The van der Waals surface area contributed by atoms with Gasteiger partial charge >= 0.3 is 6.18 Å². The highest BCUT2D eigenvalue weighted by Gasteiger charge is 2.31. The van der Waals surface area contributed by atoms with Crippen LogP contribution in [0.5, 0.6) is 0 Å². The van der Waals surface area contributed by atoms with E-state index < -0.39 is 11.7 Å². The number of aromatic nitrogens is 1. The lowest BCUT2D eigenvalue weighted by atomic mass is 10.2. The molecule has 0 spiro atoms. The first-order valence-electron chi connectivity index (χ1n) is 7.20. The van der Waals surface area contributed by atoms with Crippen molar-refractivity contribution in [2.75, 3.05) is 24.3 Å². The van der Waals surface area contributed by atoms with E-state index in [4.69, 9.17) is 23.8 Å². The Labute approximate surface area is 154 Å². The molecule has 9 heteroatoms. The predicted molar refractivity (Wildman–Crippen MR) is 98.1 cm³/mol. The first-order chi connectivity index (χ1) is 11.7. The monoisotopic (exact) mass is 388 g/mol. The van der Waals surface area contributed by atoms with Gasteiger partial charge in [-0.3, -0.25) is 4.98 Å². The molecule has 0 radical (unpaired) electrons. The van der Waals surface area contributed by atoms with E-state index in [9.17, 15) is 13.2 Å². The zero-order chi connectivity index (χ0) is 18.6. The van der Waals surface area contributed by atoms with Crippen LogP contribution in [-0.4, -0.2) is 24.2 Å². The van der Waals surface area contributed by atoms with Crippen LogP contribution in [0.3, 0.4) is 0 Å². The van der Waals surface area contributed by atoms with Crippen LogP contribution in [0.2, 0.25) is 5.02 Å². The number of benzene rings is 1. The molecule has 1 heterocycles. The molecule has 0 atom stereocenters. The summed E-state index contributed by atoms with van der Waals surface area (Å²) in [6, 6.07) is 8.44. The largest absolute Gasteiger partial charge is 0.417 e. The standard InChI is InChI=1S/C16H16ClF3N4S/c1-24(2)12-5-3-11(4-6-12)23-15(25)22-9-14-13(17)7-10(8-21-14)16(18,19)20/h3-8H,9H2,1-2H3,(H2,22,23,25). The van der Waals surface area contributed by atoms with Gasteiger partial charge in [0.2, 0.25) is 0 Å². The van der Waals surface area contributed by atoms with Gasteiger partial charge in [-0.05, 0) is 42.5 Å². The second-order valence-corrected chi connectivity index (χ2v) is 6.21. The molecule has 0 amide bonds. The maximum atomic E-state index is 12.6. The van der Waals surface area contributed by atoms with Gasteiger partial charge in [-0.25, -0.2) is 0 Å². The molecule has 4 nitrogen and oxygen atoms in total. The Balaban J connectivity index is 1.93. The molecule has 0 saturated carbocycles. The molecular formula is C16H16ClF3N4S. The molecule has 1 aromatic heterocycles. The number of rotatable bonds is 4. The number of pyridine rings is 1. The minimum Gasteiger partial charge on any atom is -0.378 e. The Bertz CT molecular complexity index is 748. The summed E-state index contributed by atoms with van der Waals surface area (Å²) in [7, 11) is 3.88. The van der Waals surface area contributed by atoms with Crippen molar-refractivity contribution < 1.29 is 13.2 Å². The lowest BCUT2D eigenvalue weighted by Gasteiger charge is -2.14. The van der Waals surface area contributed by atoms with Crippen LogP contribution in [0, 0.1) is 0 Å². The second kappa shape index (κ2) is 7.88. The minimum absolute atomic E-state index is 0.0690. The van der Waals surface area contributed by atoms with Crippen molar-refractivity contribution in [2.24, 2.45) is 0 Å². The molecule has 2 aromatic rings. The lowest BCUT2D eigenvalue weighted by molar-refractivity contribution is -0.137. The summed E-state index contributed by atoms with van der Waals surface area (Å²) in [6.45, 7) is 0.110. The summed E-state index contributed by atoms with van der Waals surface area (Å²) >= 11 is 11.0. The lowest BCUT2D eigenvalue weighted by Crippen LogP contribution is -2.28. The number of hydrogen-bond donors (Lipinski definition) is 2. The molecule has 0 aliphatic carbocycles. The molecule has 0 unspecified atom stereocenters. The highest BCUT2D eigenvalue weighted by molar-refractivity contribution is 7.80. The Hall–Kier alpha value is -2.06. The van der Waals surface area contributed by atoms with Crippen LogP contribution in [-0.2, 0) is 12.7 Å². The fourth-order valence-electron chi connectivity index (χ4n) is 1.93. The third kappa shape index (κ3) is 5.47. The van der Waals surface area contributed by atoms with Crippen molar-refractivity contribution in [1.82, 2.24) is 10.3 Å². The number of nitrogens with zero attached hydrogens (tertiary/aromatic N) is 2. The summed E-state index contributed by atoms with van der Waals surface area (Å²) in [5, 5.41) is 6.10. The van der Waals surface area contributed by atoms with Crippen molar-refractivity contribution in [3.63, 3.8) is 0 Å². The van der Waals surface area contributed by atoms with Crippen molar-refractivity contribution in [2.45, 2.75) is 12.7 Å². The molecule has 0 aliphatic rings. The maximum Gasteiger partial charge on any atom is 0.417 e. The predicted octanol–water partition coefficient (Wildman–Crippen LogP) is 4.31. The molecule has 1 aromatic carbocycles. The summed E-state index contributed by atoms with van der Waals surface area (Å²) < 4.78 is 37.8. The molecular weight excluding hydrogens is 373 g/mol. The van der Waals surface area contributed by atoms with Crippen molar-refractivity contribution >= 4 is 40.3 Å².